The first-order valence-electron chi connectivity index (χ1n) is 5.76. The van der Waals surface area contributed by atoms with E-state index in [1.165, 1.54) is 0 Å². The molecule has 0 radical (unpaired) electrons. The van der Waals surface area contributed by atoms with Crippen molar-refractivity contribution in [1.82, 2.24) is 0 Å². The molecule has 0 saturated carbocycles. The third-order valence-electron chi connectivity index (χ3n) is 2.11. The van der Waals surface area contributed by atoms with E-state index in [9.17, 15) is 4.79 Å². The smallest absolute Gasteiger partial charge is 0.150 e. The lowest BCUT2D eigenvalue weighted by molar-refractivity contribution is 0.0414. The number of carbonyl (C=O) groups excluding carboxylic acids is 1. The molecule has 0 bridgehead atoms. The summed E-state index contributed by atoms with van der Waals surface area (Å²) < 4.78 is 16.0. The second kappa shape index (κ2) is 10.1. The zero-order valence-corrected chi connectivity index (χ0v) is 11.7. The highest BCUT2D eigenvalue weighted by molar-refractivity contribution is 9.09. The van der Waals surface area contributed by atoms with Crippen LogP contribution in [-0.4, -0.2) is 44.7 Å². The number of hydrogen-bond acceptors (Lipinski definition) is 4. The fourth-order valence-corrected chi connectivity index (χ4v) is 1.47. The molecule has 1 aromatic rings. The summed E-state index contributed by atoms with van der Waals surface area (Å²) in [7, 11) is 0. The Hall–Kier alpha value is -0.910. The molecule has 0 aliphatic rings. The quantitative estimate of drug-likeness (QED) is 0.377. The van der Waals surface area contributed by atoms with Crippen molar-refractivity contribution >= 4 is 22.2 Å². The van der Waals surface area contributed by atoms with Crippen LogP contribution in [0.5, 0.6) is 5.75 Å². The number of hydrogen-bond donors (Lipinski definition) is 0. The second-order valence-corrected chi connectivity index (χ2v) is 4.24. The van der Waals surface area contributed by atoms with E-state index in [0.717, 1.165) is 17.4 Å². The summed E-state index contributed by atoms with van der Waals surface area (Å²) in [5, 5.41) is 0.840. The molecule has 0 amide bonds. The van der Waals surface area contributed by atoms with Gasteiger partial charge in [-0.1, -0.05) is 15.9 Å². The summed E-state index contributed by atoms with van der Waals surface area (Å²) in [4.78, 5) is 10.4. The van der Waals surface area contributed by atoms with E-state index in [2.05, 4.69) is 15.9 Å². The highest BCUT2D eigenvalue weighted by Gasteiger charge is 1.95. The molecule has 0 saturated heterocycles. The Morgan fingerprint density at radius 3 is 2.17 bits per heavy atom. The third-order valence-corrected chi connectivity index (χ3v) is 2.43. The Kier molecular flexibility index (Phi) is 8.46. The van der Waals surface area contributed by atoms with Crippen molar-refractivity contribution in [2.45, 2.75) is 0 Å². The summed E-state index contributed by atoms with van der Waals surface area (Å²) in [6.07, 6.45) is 0.805. The maximum absolute atomic E-state index is 10.4. The molecule has 0 atom stereocenters. The lowest BCUT2D eigenvalue weighted by atomic mass is 10.2. The highest BCUT2D eigenvalue weighted by atomic mass is 79.9. The maximum Gasteiger partial charge on any atom is 0.150 e. The zero-order chi connectivity index (χ0) is 13.1. The Bertz CT molecular complexity index is 326. The van der Waals surface area contributed by atoms with Gasteiger partial charge in [0.05, 0.1) is 26.4 Å². The predicted molar refractivity (Wildman–Crippen MR) is 72.8 cm³/mol. The highest BCUT2D eigenvalue weighted by Crippen LogP contribution is 2.10. The molecule has 0 aliphatic carbocycles. The van der Waals surface area contributed by atoms with Crippen molar-refractivity contribution in [2.75, 3.05) is 38.4 Å². The Morgan fingerprint density at radius 1 is 0.944 bits per heavy atom. The minimum atomic E-state index is 0.485. The SMILES string of the molecule is O=Cc1ccc(OCCOCCOCCBr)cc1. The van der Waals surface area contributed by atoms with Crippen LogP contribution in [0.3, 0.4) is 0 Å². The topological polar surface area (TPSA) is 44.8 Å². The molecule has 0 N–H and O–H groups in total. The van der Waals surface area contributed by atoms with Crippen LogP contribution in [0.15, 0.2) is 24.3 Å². The average Bonchev–Trinajstić information content (AvgIpc) is 2.42. The van der Waals surface area contributed by atoms with Gasteiger partial charge in [-0.05, 0) is 24.3 Å². The van der Waals surface area contributed by atoms with E-state index in [1.807, 2.05) is 0 Å². The first kappa shape index (κ1) is 15.1. The fourth-order valence-electron chi connectivity index (χ4n) is 1.24. The monoisotopic (exact) mass is 316 g/mol. The molecular formula is C13H17BrO4. The molecule has 0 heterocycles. The number of ether oxygens (including phenoxy) is 3. The summed E-state index contributed by atoms with van der Waals surface area (Å²) in [5.41, 5.74) is 0.641. The van der Waals surface area contributed by atoms with E-state index in [0.29, 0.717) is 38.6 Å². The van der Waals surface area contributed by atoms with Gasteiger partial charge in [0.15, 0.2) is 0 Å². The minimum absolute atomic E-state index is 0.485. The van der Waals surface area contributed by atoms with Crippen molar-refractivity contribution in [3.63, 3.8) is 0 Å². The predicted octanol–water partition coefficient (Wildman–Crippen LogP) is 2.31. The van der Waals surface area contributed by atoms with Gasteiger partial charge in [0, 0.05) is 10.9 Å². The van der Waals surface area contributed by atoms with Crippen LogP contribution < -0.4 is 4.74 Å². The third kappa shape index (κ3) is 6.74. The fraction of sp³-hybridized carbons (Fsp3) is 0.462. The van der Waals surface area contributed by atoms with Gasteiger partial charge >= 0.3 is 0 Å². The number of benzene rings is 1. The average molecular weight is 317 g/mol. The van der Waals surface area contributed by atoms with Crippen molar-refractivity contribution in [2.24, 2.45) is 0 Å². The molecule has 18 heavy (non-hydrogen) atoms. The molecule has 0 unspecified atom stereocenters. The van der Waals surface area contributed by atoms with Gasteiger partial charge in [-0.3, -0.25) is 4.79 Å². The Morgan fingerprint density at radius 2 is 1.56 bits per heavy atom. The molecule has 4 nitrogen and oxygen atoms in total. The van der Waals surface area contributed by atoms with E-state index in [4.69, 9.17) is 14.2 Å². The van der Waals surface area contributed by atoms with Crippen molar-refractivity contribution < 1.29 is 19.0 Å². The lowest BCUT2D eigenvalue weighted by Crippen LogP contribution is -2.11. The Balaban J connectivity index is 2.01. The van der Waals surface area contributed by atoms with Crippen molar-refractivity contribution in [3.8, 4) is 5.75 Å². The molecule has 1 aromatic carbocycles. The Labute approximate surface area is 115 Å². The van der Waals surface area contributed by atoms with Crippen LogP contribution in [0.2, 0.25) is 0 Å². The normalized spacial score (nSPS) is 10.3. The van der Waals surface area contributed by atoms with Gasteiger partial charge in [-0.15, -0.1) is 0 Å². The molecule has 5 heteroatoms. The standard InChI is InChI=1S/C13H17BrO4/c14-5-6-16-7-8-17-9-10-18-13-3-1-12(11-15)2-4-13/h1-4,11H,5-10H2. The van der Waals surface area contributed by atoms with Gasteiger partial charge in [0.25, 0.3) is 0 Å². The molecule has 0 fully saturated rings. The van der Waals surface area contributed by atoms with Crippen LogP contribution >= 0.6 is 15.9 Å². The molecule has 0 aromatic heterocycles. The summed E-state index contributed by atoms with van der Waals surface area (Å²) in [6, 6.07) is 6.97. The summed E-state index contributed by atoms with van der Waals surface area (Å²) >= 11 is 3.27. The largest absolute Gasteiger partial charge is 0.491 e. The second-order valence-electron chi connectivity index (χ2n) is 3.45. The molecule has 1 rings (SSSR count). The number of carbonyl (C=O) groups is 1. The van der Waals surface area contributed by atoms with Gasteiger partial charge in [-0.25, -0.2) is 0 Å². The van der Waals surface area contributed by atoms with Gasteiger partial charge < -0.3 is 14.2 Å². The maximum atomic E-state index is 10.4. The van der Waals surface area contributed by atoms with Crippen LogP contribution in [0.1, 0.15) is 10.4 Å². The molecule has 100 valence electrons. The van der Waals surface area contributed by atoms with Crippen molar-refractivity contribution in [3.05, 3.63) is 29.8 Å². The summed E-state index contributed by atoms with van der Waals surface area (Å²) in [5.74, 6) is 0.736. The molecule has 0 spiro atoms. The summed E-state index contributed by atoms with van der Waals surface area (Å²) in [6.45, 7) is 2.87. The number of halogens is 1. The van der Waals surface area contributed by atoms with Gasteiger partial charge in [0.2, 0.25) is 0 Å². The number of aldehydes is 1. The zero-order valence-electron chi connectivity index (χ0n) is 10.1. The number of rotatable bonds is 10. The minimum Gasteiger partial charge on any atom is -0.491 e. The van der Waals surface area contributed by atoms with E-state index in [-0.39, 0.29) is 0 Å². The van der Waals surface area contributed by atoms with Gasteiger partial charge in [-0.2, -0.15) is 0 Å². The van der Waals surface area contributed by atoms with E-state index in [1.54, 1.807) is 24.3 Å². The number of alkyl halides is 1. The van der Waals surface area contributed by atoms with Crippen LogP contribution in [0.4, 0.5) is 0 Å². The first-order chi connectivity index (χ1) is 8.86. The molecular weight excluding hydrogens is 300 g/mol. The van der Waals surface area contributed by atoms with E-state index >= 15 is 0 Å². The van der Waals surface area contributed by atoms with Crippen LogP contribution in [0.25, 0.3) is 0 Å². The lowest BCUT2D eigenvalue weighted by Gasteiger charge is -2.07. The first-order valence-corrected chi connectivity index (χ1v) is 6.88. The van der Waals surface area contributed by atoms with Crippen LogP contribution in [-0.2, 0) is 9.47 Å². The van der Waals surface area contributed by atoms with Crippen LogP contribution in [0, 0.1) is 0 Å². The van der Waals surface area contributed by atoms with Crippen molar-refractivity contribution in [1.29, 1.82) is 0 Å². The van der Waals surface area contributed by atoms with E-state index < -0.39 is 0 Å². The molecule has 0 aliphatic heterocycles. The van der Waals surface area contributed by atoms with Gasteiger partial charge in [0.1, 0.15) is 18.6 Å².